The van der Waals surface area contributed by atoms with Crippen molar-refractivity contribution in [3.8, 4) is 0 Å². The van der Waals surface area contributed by atoms with Gasteiger partial charge in [-0.25, -0.2) is 14.6 Å². The van der Waals surface area contributed by atoms with Crippen molar-refractivity contribution in [1.82, 2.24) is 4.98 Å². The minimum Gasteiger partial charge on any atom is -0.462 e. The Kier molecular flexibility index (Phi) is 8.37. The van der Waals surface area contributed by atoms with Crippen molar-refractivity contribution in [2.45, 2.75) is 20.4 Å². The van der Waals surface area contributed by atoms with Gasteiger partial charge in [-0.3, -0.25) is 9.69 Å². The molecule has 0 saturated carbocycles. The number of carbonyl (C=O) groups is 3. The second kappa shape index (κ2) is 11.4. The quantitative estimate of drug-likeness (QED) is 0.426. The molecule has 0 aliphatic carbocycles. The Hall–Kier alpha value is -3.72. The summed E-state index contributed by atoms with van der Waals surface area (Å²) in [6.45, 7) is 3.40. The van der Waals surface area contributed by atoms with E-state index < -0.39 is 24.5 Å². The predicted molar refractivity (Wildman–Crippen MR) is 131 cm³/mol. The van der Waals surface area contributed by atoms with E-state index in [-0.39, 0.29) is 13.2 Å². The SMILES string of the molecule is CCOC(=O)c1sc(N(Cc2ccccc2)C(=O)COC(=O)c2cccc(N(C)C)c2)nc1C. The monoisotopic (exact) mass is 481 g/mol. The fourth-order valence-electron chi connectivity index (χ4n) is 3.11. The Morgan fingerprint density at radius 1 is 0.971 bits per heavy atom. The standard InChI is InChI=1S/C25H27N3O5S/c1-5-32-24(31)22-17(2)26-25(34-22)28(15-18-10-7-6-8-11-18)21(29)16-33-23(30)19-12-9-13-20(14-19)27(3)4/h6-14H,5,15-16H2,1-4H3. The van der Waals surface area contributed by atoms with Gasteiger partial charge in [-0.1, -0.05) is 47.7 Å². The summed E-state index contributed by atoms with van der Waals surface area (Å²) in [6, 6.07) is 16.3. The number of nitrogens with zero attached hydrogens (tertiary/aromatic N) is 3. The highest BCUT2D eigenvalue weighted by Gasteiger charge is 2.25. The van der Waals surface area contributed by atoms with Gasteiger partial charge in [-0.15, -0.1) is 0 Å². The van der Waals surface area contributed by atoms with E-state index in [0.717, 1.165) is 22.6 Å². The summed E-state index contributed by atoms with van der Waals surface area (Å²) >= 11 is 1.07. The van der Waals surface area contributed by atoms with Crippen molar-refractivity contribution in [2.75, 3.05) is 37.1 Å². The number of benzene rings is 2. The van der Waals surface area contributed by atoms with Gasteiger partial charge in [-0.05, 0) is 37.6 Å². The second-order valence-electron chi connectivity index (χ2n) is 7.62. The molecule has 2 aromatic carbocycles. The van der Waals surface area contributed by atoms with Gasteiger partial charge in [0.2, 0.25) is 0 Å². The minimum absolute atomic E-state index is 0.211. The maximum atomic E-state index is 13.2. The van der Waals surface area contributed by atoms with Crippen molar-refractivity contribution < 1.29 is 23.9 Å². The van der Waals surface area contributed by atoms with Crippen LogP contribution in [0.15, 0.2) is 54.6 Å². The second-order valence-corrected chi connectivity index (χ2v) is 8.60. The predicted octanol–water partition coefficient (Wildman–Crippen LogP) is 4.08. The Balaban J connectivity index is 1.80. The molecule has 1 heterocycles. The third-order valence-electron chi connectivity index (χ3n) is 4.89. The lowest BCUT2D eigenvalue weighted by atomic mass is 10.2. The fraction of sp³-hybridized carbons (Fsp3) is 0.280. The molecule has 0 N–H and O–H groups in total. The van der Waals surface area contributed by atoms with Gasteiger partial charge < -0.3 is 14.4 Å². The number of amides is 1. The Bertz CT molecular complexity index is 1160. The van der Waals surface area contributed by atoms with Crippen molar-refractivity contribution in [3.63, 3.8) is 0 Å². The third kappa shape index (κ3) is 6.20. The van der Waals surface area contributed by atoms with Crippen molar-refractivity contribution in [1.29, 1.82) is 0 Å². The first kappa shape index (κ1) is 24.9. The first-order chi connectivity index (χ1) is 16.3. The van der Waals surface area contributed by atoms with Crippen LogP contribution < -0.4 is 9.80 Å². The first-order valence-corrected chi connectivity index (χ1v) is 11.5. The van der Waals surface area contributed by atoms with Gasteiger partial charge >= 0.3 is 11.9 Å². The molecule has 0 saturated heterocycles. The highest BCUT2D eigenvalue weighted by atomic mass is 32.1. The van der Waals surface area contributed by atoms with E-state index in [0.29, 0.717) is 21.3 Å². The van der Waals surface area contributed by atoms with Gasteiger partial charge in [0.15, 0.2) is 11.7 Å². The zero-order valence-corrected chi connectivity index (χ0v) is 20.4. The molecule has 0 spiro atoms. The highest BCUT2D eigenvalue weighted by molar-refractivity contribution is 7.17. The molecule has 9 heteroatoms. The van der Waals surface area contributed by atoms with Crippen LogP contribution in [0.1, 0.15) is 38.2 Å². The van der Waals surface area contributed by atoms with E-state index in [4.69, 9.17) is 9.47 Å². The topological polar surface area (TPSA) is 89.0 Å². The number of aromatic nitrogens is 1. The molecule has 0 bridgehead atoms. The minimum atomic E-state index is -0.598. The zero-order chi connectivity index (χ0) is 24.7. The molecule has 0 radical (unpaired) electrons. The van der Waals surface area contributed by atoms with Crippen LogP contribution in [0.4, 0.5) is 10.8 Å². The van der Waals surface area contributed by atoms with E-state index in [2.05, 4.69) is 4.98 Å². The van der Waals surface area contributed by atoms with E-state index in [1.165, 1.54) is 4.90 Å². The molecule has 0 aliphatic heterocycles. The fourth-order valence-corrected chi connectivity index (χ4v) is 4.09. The van der Waals surface area contributed by atoms with Gasteiger partial charge in [-0.2, -0.15) is 0 Å². The van der Waals surface area contributed by atoms with Crippen molar-refractivity contribution >= 4 is 40.0 Å². The number of rotatable bonds is 9. The van der Waals surface area contributed by atoms with E-state index >= 15 is 0 Å². The van der Waals surface area contributed by atoms with Gasteiger partial charge in [0.1, 0.15) is 4.88 Å². The van der Waals surface area contributed by atoms with Gasteiger partial charge in [0.05, 0.1) is 24.4 Å². The van der Waals surface area contributed by atoms with Crippen LogP contribution in [-0.4, -0.2) is 50.1 Å². The van der Waals surface area contributed by atoms with Crippen LogP contribution in [0.3, 0.4) is 0 Å². The zero-order valence-electron chi connectivity index (χ0n) is 19.6. The maximum absolute atomic E-state index is 13.2. The summed E-state index contributed by atoms with van der Waals surface area (Å²) < 4.78 is 10.4. The number of ether oxygens (including phenoxy) is 2. The Morgan fingerprint density at radius 3 is 2.38 bits per heavy atom. The van der Waals surface area contributed by atoms with Crippen LogP contribution in [0.25, 0.3) is 0 Å². The Morgan fingerprint density at radius 2 is 1.71 bits per heavy atom. The maximum Gasteiger partial charge on any atom is 0.350 e. The van der Waals surface area contributed by atoms with Crippen LogP contribution in [0, 0.1) is 6.92 Å². The van der Waals surface area contributed by atoms with Crippen molar-refractivity contribution in [3.05, 3.63) is 76.3 Å². The first-order valence-electron chi connectivity index (χ1n) is 10.7. The molecular weight excluding hydrogens is 454 g/mol. The number of thiazole rings is 1. The molecule has 1 amide bonds. The number of anilines is 2. The van der Waals surface area contributed by atoms with Gasteiger partial charge in [0, 0.05) is 19.8 Å². The molecule has 0 unspecified atom stereocenters. The highest BCUT2D eigenvalue weighted by Crippen LogP contribution is 2.28. The number of hydrogen-bond donors (Lipinski definition) is 0. The van der Waals surface area contributed by atoms with Crippen molar-refractivity contribution in [2.24, 2.45) is 0 Å². The molecule has 0 aliphatic rings. The smallest absolute Gasteiger partial charge is 0.350 e. The average Bonchev–Trinajstić information content (AvgIpc) is 3.23. The van der Waals surface area contributed by atoms with Crippen LogP contribution in [0.5, 0.6) is 0 Å². The lowest BCUT2D eigenvalue weighted by Gasteiger charge is -2.20. The molecular formula is C25H27N3O5S. The number of carbonyl (C=O) groups excluding carboxylic acids is 3. The molecule has 3 aromatic rings. The number of aryl methyl sites for hydroxylation is 1. The van der Waals surface area contributed by atoms with Crippen LogP contribution >= 0.6 is 11.3 Å². The van der Waals surface area contributed by atoms with Gasteiger partial charge in [0.25, 0.3) is 5.91 Å². The Labute approximate surface area is 202 Å². The van der Waals surface area contributed by atoms with E-state index in [1.54, 1.807) is 32.0 Å². The average molecular weight is 482 g/mol. The summed E-state index contributed by atoms with van der Waals surface area (Å²) in [5, 5.41) is 0.333. The third-order valence-corrected chi connectivity index (χ3v) is 6.05. The normalized spacial score (nSPS) is 10.5. The molecule has 34 heavy (non-hydrogen) atoms. The molecule has 1 aromatic heterocycles. The number of esters is 2. The summed E-state index contributed by atoms with van der Waals surface area (Å²) in [6.07, 6.45) is 0. The van der Waals surface area contributed by atoms with Crippen LogP contribution in [-0.2, 0) is 20.8 Å². The molecule has 0 atom stereocenters. The summed E-state index contributed by atoms with van der Waals surface area (Å²) in [4.78, 5) is 46.0. The molecule has 8 nitrogen and oxygen atoms in total. The molecule has 3 rings (SSSR count). The largest absolute Gasteiger partial charge is 0.462 e. The van der Waals surface area contributed by atoms with E-state index in [1.807, 2.05) is 55.4 Å². The lowest BCUT2D eigenvalue weighted by molar-refractivity contribution is -0.121. The van der Waals surface area contributed by atoms with E-state index in [9.17, 15) is 14.4 Å². The van der Waals surface area contributed by atoms with Crippen LogP contribution in [0.2, 0.25) is 0 Å². The number of hydrogen-bond acceptors (Lipinski definition) is 8. The summed E-state index contributed by atoms with van der Waals surface area (Å²) in [5.41, 5.74) is 2.53. The summed E-state index contributed by atoms with van der Waals surface area (Å²) in [7, 11) is 3.74. The lowest BCUT2D eigenvalue weighted by Crippen LogP contribution is -2.34. The molecule has 0 fully saturated rings. The summed E-state index contributed by atoms with van der Waals surface area (Å²) in [5.74, 6) is -1.53. The molecule has 178 valence electrons.